The molecule has 3 nitrogen and oxygen atoms in total. The summed E-state index contributed by atoms with van der Waals surface area (Å²) in [6.45, 7) is 5.54. The highest BCUT2D eigenvalue weighted by Gasteiger charge is 1.90. The summed E-state index contributed by atoms with van der Waals surface area (Å²) in [6, 6.07) is 0. The van der Waals surface area contributed by atoms with Gasteiger partial charge >= 0.3 is 5.97 Å². The van der Waals surface area contributed by atoms with Gasteiger partial charge in [0, 0.05) is 5.92 Å². The van der Waals surface area contributed by atoms with Gasteiger partial charge in [0.1, 0.15) is 6.61 Å². The number of esters is 1. The topological polar surface area (TPSA) is 35.5 Å². The van der Waals surface area contributed by atoms with E-state index in [0.717, 1.165) is 0 Å². The Balaban J connectivity index is 3.51. The highest BCUT2D eigenvalue weighted by atomic mass is 16.5. The van der Waals surface area contributed by atoms with Crippen molar-refractivity contribution in [3.8, 4) is 11.8 Å². The Morgan fingerprint density at radius 1 is 1.73 bits per heavy atom. The number of hydrogen-bond donors (Lipinski definition) is 0. The van der Waals surface area contributed by atoms with Crippen molar-refractivity contribution in [1.29, 1.82) is 0 Å². The van der Waals surface area contributed by atoms with Gasteiger partial charge in [-0.1, -0.05) is 6.58 Å². The van der Waals surface area contributed by atoms with Crippen molar-refractivity contribution >= 4 is 5.97 Å². The Morgan fingerprint density at radius 3 is 3.00 bits per heavy atom. The molecule has 0 amide bonds. The third-order valence-corrected chi connectivity index (χ3v) is 0.739. The van der Waals surface area contributed by atoms with E-state index in [2.05, 4.69) is 27.9 Å². The monoisotopic (exact) mass is 154 g/mol. The molecule has 3 heteroatoms. The lowest BCUT2D eigenvalue weighted by atomic mass is 10.6. The molecule has 0 aliphatic carbocycles. The molecule has 0 unspecified atom stereocenters. The number of hydrogen-bond acceptors (Lipinski definition) is 3. The lowest BCUT2D eigenvalue weighted by Crippen LogP contribution is -1.99. The van der Waals surface area contributed by atoms with E-state index in [0.29, 0.717) is 6.61 Å². The first-order valence-corrected chi connectivity index (χ1v) is 3.19. The molecule has 0 heterocycles. The van der Waals surface area contributed by atoms with Crippen LogP contribution in [0.15, 0.2) is 12.8 Å². The zero-order valence-corrected chi connectivity index (χ0v) is 6.42. The fourth-order valence-electron chi connectivity index (χ4n) is 0.376. The molecule has 0 bridgehead atoms. The fraction of sp³-hybridized carbons (Fsp3) is 0.375. The summed E-state index contributed by atoms with van der Waals surface area (Å²) in [5.74, 6) is 4.16. The van der Waals surface area contributed by atoms with Gasteiger partial charge in [0.15, 0.2) is 0 Å². The molecule has 0 aliphatic heterocycles. The largest absolute Gasteiger partial charge is 0.489 e. The van der Waals surface area contributed by atoms with Crippen molar-refractivity contribution < 1.29 is 14.3 Å². The predicted octanol–water partition coefficient (Wildman–Crippen LogP) is 0.713. The predicted molar refractivity (Wildman–Crippen MR) is 40.6 cm³/mol. The maximum atomic E-state index is 10.5. The first kappa shape index (κ1) is 9.57. The van der Waals surface area contributed by atoms with Crippen LogP contribution in [-0.4, -0.2) is 19.2 Å². The molecule has 0 radical (unpaired) electrons. The molecule has 0 rings (SSSR count). The van der Waals surface area contributed by atoms with Crippen molar-refractivity contribution in [3.05, 3.63) is 12.8 Å². The van der Waals surface area contributed by atoms with Gasteiger partial charge in [-0.3, -0.25) is 0 Å². The maximum Gasteiger partial charge on any atom is 0.384 e. The molecule has 0 saturated heterocycles. The van der Waals surface area contributed by atoms with E-state index < -0.39 is 5.97 Å². The van der Waals surface area contributed by atoms with Gasteiger partial charge in [-0.15, -0.1) is 0 Å². The van der Waals surface area contributed by atoms with Crippen molar-refractivity contribution in [2.45, 2.75) is 6.92 Å². The Kier molecular flexibility index (Phi) is 5.82. The first-order valence-electron chi connectivity index (χ1n) is 3.19. The van der Waals surface area contributed by atoms with Gasteiger partial charge in [0.05, 0.1) is 12.9 Å². The Labute approximate surface area is 66.0 Å². The quantitative estimate of drug-likeness (QED) is 0.197. The third kappa shape index (κ3) is 6.46. The van der Waals surface area contributed by atoms with Crippen molar-refractivity contribution in [3.63, 3.8) is 0 Å². The van der Waals surface area contributed by atoms with Crippen LogP contribution in [0, 0.1) is 11.8 Å². The number of rotatable bonds is 3. The molecular weight excluding hydrogens is 144 g/mol. The average Bonchev–Trinajstić information content (AvgIpc) is 1.99. The summed E-state index contributed by atoms with van der Waals surface area (Å²) < 4.78 is 9.17. The summed E-state index contributed by atoms with van der Waals surface area (Å²) in [4.78, 5) is 10.5. The second kappa shape index (κ2) is 6.69. The minimum Gasteiger partial charge on any atom is -0.489 e. The SMILES string of the molecule is C=COCC#CC(=O)OCC. The van der Waals surface area contributed by atoms with Gasteiger partial charge in [-0.25, -0.2) is 4.79 Å². The smallest absolute Gasteiger partial charge is 0.384 e. The van der Waals surface area contributed by atoms with Crippen LogP contribution in [0.3, 0.4) is 0 Å². The summed E-state index contributed by atoms with van der Waals surface area (Å²) in [7, 11) is 0. The molecule has 0 spiro atoms. The van der Waals surface area contributed by atoms with Crippen LogP contribution >= 0.6 is 0 Å². The number of carbonyl (C=O) groups excluding carboxylic acids is 1. The molecule has 0 aromatic heterocycles. The van der Waals surface area contributed by atoms with Crippen LogP contribution in [0.25, 0.3) is 0 Å². The minimum absolute atomic E-state index is 0.169. The molecule has 0 aromatic rings. The average molecular weight is 154 g/mol. The second-order valence-electron chi connectivity index (χ2n) is 1.50. The minimum atomic E-state index is -0.528. The molecule has 11 heavy (non-hydrogen) atoms. The molecule has 0 fully saturated rings. The molecule has 60 valence electrons. The molecule has 0 atom stereocenters. The van der Waals surface area contributed by atoms with Gasteiger partial charge in [0.25, 0.3) is 0 Å². The van der Waals surface area contributed by atoms with Crippen LogP contribution in [0.4, 0.5) is 0 Å². The van der Waals surface area contributed by atoms with Crippen LogP contribution < -0.4 is 0 Å². The van der Waals surface area contributed by atoms with Crippen LogP contribution in [-0.2, 0) is 14.3 Å². The van der Waals surface area contributed by atoms with E-state index in [4.69, 9.17) is 0 Å². The molecule has 0 aliphatic rings. The van der Waals surface area contributed by atoms with Crippen molar-refractivity contribution in [1.82, 2.24) is 0 Å². The molecular formula is C8H10O3. The standard InChI is InChI=1S/C8H10O3/c1-3-10-7-5-6-8(9)11-4-2/h3H,1,4,7H2,2H3. The Bertz CT molecular complexity index is 185. The molecule has 0 saturated carbocycles. The van der Waals surface area contributed by atoms with Gasteiger partial charge in [0.2, 0.25) is 0 Å². The summed E-state index contributed by atoms with van der Waals surface area (Å²) in [5, 5.41) is 0. The van der Waals surface area contributed by atoms with E-state index in [9.17, 15) is 4.79 Å². The zero-order chi connectivity index (χ0) is 8.53. The second-order valence-corrected chi connectivity index (χ2v) is 1.50. The maximum absolute atomic E-state index is 10.5. The van der Waals surface area contributed by atoms with Crippen molar-refractivity contribution in [2.75, 3.05) is 13.2 Å². The van der Waals surface area contributed by atoms with Gasteiger partial charge in [-0.2, -0.15) is 0 Å². The normalized spacial score (nSPS) is 7.36. The van der Waals surface area contributed by atoms with E-state index >= 15 is 0 Å². The Hall–Kier alpha value is -1.43. The Morgan fingerprint density at radius 2 is 2.45 bits per heavy atom. The van der Waals surface area contributed by atoms with E-state index in [-0.39, 0.29) is 6.61 Å². The summed E-state index contributed by atoms with van der Waals surface area (Å²) in [6.07, 6.45) is 1.26. The molecule has 0 aromatic carbocycles. The van der Waals surface area contributed by atoms with Crippen LogP contribution in [0.5, 0.6) is 0 Å². The zero-order valence-electron chi connectivity index (χ0n) is 6.42. The third-order valence-electron chi connectivity index (χ3n) is 0.739. The van der Waals surface area contributed by atoms with E-state index in [1.165, 1.54) is 6.26 Å². The molecule has 0 N–H and O–H groups in total. The summed E-state index contributed by atoms with van der Waals surface area (Å²) >= 11 is 0. The number of carbonyl (C=O) groups is 1. The highest BCUT2D eigenvalue weighted by molar-refractivity contribution is 5.88. The first-order chi connectivity index (χ1) is 5.31. The highest BCUT2D eigenvalue weighted by Crippen LogP contribution is 1.75. The van der Waals surface area contributed by atoms with Crippen LogP contribution in [0.2, 0.25) is 0 Å². The van der Waals surface area contributed by atoms with Crippen molar-refractivity contribution in [2.24, 2.45) is 0 Å². The van der Waals surface area contributed by atoms with Gasteiger partial charge in [-0.05, 0) is 12.8 Å². The lowest BCUT2D eigenvalue weighted by Gasteiger charge is -1.91. The van der Waals surface area contributed by atoms with Crippen LogP contribution in [0.1, 0.15) is 6.92 Å². The van der Waals surface area contributed by atoms with E-state index in [1.54, 1.807) is 6.92 Å². The number of ether oxygens (including phenoxy) is 2. The van der Waals surface area contributed by atoms with Gasteiger partial charge < -0.3 is 9.47 Å². The summed E-state index contributed by atoms with van der Waals surface area (Å²) in [5.41, 5.74) is 0. The fourth-order valence-corrected chi connectivity index (χ4v) is 0.376. The van der Waals surface area contributed by atoms with E-state index in [1.807, 2.05) is 0 Å². The lowest BCUT2D eigenvalue weighted by molar-refractivity contribution is -0.136.